The van der Waals surface area contributed by atoms with Crippen molar-refractivity contribution in [3.63, 3.8) is 0 Å². The fourth-order valence-electron chi connectivity index (χ4n) is 2.21. The highest BCUT2D eigenvalue weighted by molar-refractivity contribution is 5.78. The van der Waals surface area contributed by atoms with Crippen molar-refractivity contribution < 1.29 is 4.79 Å². The van der Waals surface area contributed by atoms with Crippen molar-refractivity contribution in [3.8, 4) is 6.07 Å². The van der Waals surface area contributed by atoms with Crippen molar-refractivity contribution in [3.05, 3.63) is 23.9 Å². The summed E-state index contributed by atoms with van der Waals surface area (Å²) >= 11 is 0. The maximum Gasteiger partial charge on any atom is 0.222 e. The van der Waals surface area contributed by atoms with E-state index in [-0.39, 0.29) is 11.8 Å². The Morgan fingerprint density at radius 2 is 2.22 bits per heavy atom. The number of aromatic nitrogens is 1. The Morgan fingerprint density at radius 3 is 2.72 bits per heavy atom. The van der Waals surface area contributed by atoms with Crippen molar-refractivity contribution >= 4 is 11.7 Å². The summed E-state index contributed by atoms with van der Waals surface area (Å²) < 4.78 is 0. The topological polar surface area (TPSA) is 69.0 Å². The van der Waals surface area contributed by atoms with Crippen LogP contribution in [0.15, 0.2) is 18.3 Å². The summed E-state index contributed by atoms with van der Waals surface area (Å²) in [6.07, 6.45) is 3.28. The van der Waals surface area contributed by atoms with Crippen molar-refractivity contribution in [2.45, 2.75) is 12.8 Å². The molecule has 0 aliphatic carbocycles. The molecule has 0 spiro atoms. The van der Waals surface area contributed by atoms with Crippen LogP contribution < -0.4 is 10.2 Å². The molecule has 0 saturated carbocycles. The predicted octanol–water partition coefficient (Wildman–Crippen LogP) is 0.916. The van der Waals surface area contributed by atoms with Crippen LogP contribution in [0.1, 0.15) is 18.4 Å². The van der Waals surface area contributed by atoms with E-state index in [0.717, 1.165) is 31.7 Å². The Bertz CT molecular complexity index is 455. The van der Waals surface area contributed by atoms with Crippen LogP contribution in [0.2, 0.25) is 0 Å². The van der Waals surface area contributed by atoms with E-state index in [0.29, 0.717) is 5.56 Å². The van der Waals surface area contributed by atoms with Gasteiger partial charge in [0.15, 0.2) is 0 Å². The van der Waals surface area contributed by atoms with Crippen LogP contribution in [0.3, 0.4) is 0 Å². The van der Waals surface area contributed by atoms with E-state index in [1.807, 2.05) is 6.07 Å². The smallest absolute Gasteiger partial charge is 0.222 e. The minimum atomic E-state index is 0.115. The van der Waals surface area contributed by atoms with Gasteiger partial charge >= 0.3 is 0 Å². The third-order valence-electron chi connectivity index (χ3n) is 3.31. The number of piperidine rings is 1. The first-order chi connectivity index (χ1) is 8.74. The molecule has 94 valence electrons. The van der Waals surface area contributed by atoms with Gasteiger partial charge in [-0.1, -0.05) is 0 Å². The first-order valence-electron chi connectivity index (χ1n) is 6.07. The zero-order valence-corrected chi connectivity index (χ0v) is 10.4. The quantitative estimate of drug-likeness (QED) is 0.839. The molecule has 5 nitrogen and oxygen atoms in total. The number of amides is 1. The van der Waals surface area contributed by atoms with Gasteiger partial charge in [0, 0.05) is 32.3 Å². The van der Waals surface area contributed by atoms with Crippen LogP contribution in [0, 0.1) is 17.2 Å². The highest BCUT2D eigenvalue weighted by atomic mass is 16.1. The van der Waals surface area contributed by atoms with Crippen LogP contribution >= 0.6 is 0 Å². The molecule has 0 radical (unpaired) electrons. The maximum absolute atomic E-state index is 11.5. The van der Waals surface area contributed by atoms with Gasteiger partial charge in [0.1, 0.15) is 11.9 Å². The zero-order valence-electron chi connectivity index (χ0n) is 10.4. The summed E-state index contributed by atoms with van der Waals surface area (Å²) in [5.41, 5.74) is 0.569. The molecule has 2 rings (SSSR count). The average molecular weight is 244 g/mol. The number of nitrogens with one attached hydrogen (secondary N) is 1. The molecular weight excluding hydrogens is 228 g/mol. The number of nitriles is 1. The standard InChI is InChI=1S/C13H16N4O/c1-15-13(18)11-4-6-17(7-5-11)12-3-2-10(8-14)9-16-12/h2-3,9,11H,4-7H2,1H3,(H,15,18). The Balaban J connectivity index is 1.97. The monoisotopic (exact) mass is 244 g/mol. The van der Waals surface area contributed by atoms with Crippen LogP contribution in [0.4, 0.5) is 5.82 Å². The fraction of sp³-hybridized carbons (Fsp3) is 0.462. The predicted molar refractivity (Wildman–Crippen MR) is 68.0 cm³/mol. The summed E-state index contributed by atoms with van der Waals surface area (Å²) in [6.45, 7) is 1.66. The number of nitrogens with zero attached hydrogens (tertiary/aromatic N) is 3. The molecule has 1 aliphatic heterocycles. The minimum Gasteiger partial charge on any atom is -0.359 e. The highest BCUT2D eigenvalue weighted by Crippen LogP contribution is 2.21. The van der Waals surface area contributed by atoms with E-state index in [1.54, 1.807) is 19.3 Å². The van der Waals surface area contributed by atoms with Gasteiger partial charge in [-0.25, -0.2) is 4.98 Å². The Kier molecular flexibility index (Phi) is 3.78. The lowest BCUT2D eigenvalue weighted by atomic mass is 9.96. The molecule has 1 saturated heterocycles. The second kappa shape index (κ2) is 5.50. The zero-order chi connectivity index (χ0) is 13.0. The maximum atomic E-state index is 11.5. The Labute approximate surface area is 106 Å². The molecule has 1 aromatic rings. The van der Waals surface area contributed by atoms with Gasteiger partial charge in [-0.05, 0) is 25.0 Å². The van der Waals surface area contributed by atoms with Crippen molar-refractivity contribution in [1.82, 2.24) is 10.3 Å². The third kappa shape index (κ3) is 2.59. The summed E-state index contributed by atoms with van der Waals surface area (Å²) in [7, 11) is 1.68. The van der Waals surface area contributed by atoms with Gasteiger partial charge in [0.2, 0.25) is 5.91 Å². The second-order valence-corrected chi connectivity index (χ2v) is 4.39. The number of rotatable bonds is 2. The average Bonchev–Trinajstić information content (AvgIpc) is 2.47. The molecule has 0 bridgehead atoms. The molecule has 1 fully saturated rings. The van der Waals surface area contributed by atoms with E-state index in [4.69, 9.17) is 5.26 Å². The number of carbonyl (C=O) groups is 1. The van der Waals surface area contributed by atoms with E-state index >= 15 is 0 Å². The van der Waals surface area contributed by atoms with Gasteiger partial charge < -0.3 is 10.2 Å². The highest BCUT2D eigenvalue weighted by Gasteiger charge is 2.24. The first kappa shape index (κ1) is 12.4. The number of hydrogen-bond donors (Lipinski definition) is 1. The molecule has 1 amide bonds. The third-order valence-corrected chi connectivity index (χ3v) is 3.31. The normalized spacial score (nSPS) is 16.1. The molecule has 18 heavy (non-hydrogen) atoms. The molecule has 0 aromatic carbocycles. The van der Waals surface area contributed by atoms with Gasteiger partial charge in [-0.3, -0.25) is 4.79 Å². The Hall–Kier alpha value is -2.09. The molecule has 1 aromatic heterocycles. The second-order valence-electron chi connectivity index (χ2n) is 4.39. The molecule has 1 N–H and O–H groups in total. The first-order valence-corrected chi connectivity index (χ1v) is 6.07. The van der Waals surface area contributed by atoms with Gasteiger partial charge in [0.25, 0.3) is 0 Å². The molecule has 0 atom stereocenters. The fourth-order valence-corrected chi connectivity index (χ4v) is 2.21. The van der Waals surface area contributed by atoms with Gasteiger partial charge in [-0.2, -0.15) is 5.26 Å². The number of carbonyl (C=O) groups excluding carboxylic acids is 1. The van der Waals surface area contributed by atoms with E-state index in [2.05, 4.69) is 21.3 Å². The Morgan fingerprint density at radius 1 is 1.50 bits per heavy atom. The summed E-state index contributed by atoms with van der Waals surface area (Å²) in [5, 5.41) is 11.4. The molecule has 0 unspecified atom stereocenters. The van der Waals surface area contributed by atoms with E-state index < -0.39 is 0 Å². The summed E-state index contributed by atoms with van der Waals surface area (Å²) in [6, 6.07) is 5.68. The lowest BCUT2D eigenvalue weighted by Crippen LogP contribution is -2.39. The molecule has 5 heteroatoms. The van der Waals surface area contributed by atoms with E-state index in [9.17, 15) is 4.79 Å². The molecule has 2 heterocycles. The SMILES string of the molecule is CNC(=O)C1CCN(c2ccc(C#N)cn2)CC1. The lowest BCUT2D eigenvalue weighted by Gasteiger charge is -2.31. The lowest BCUT2D eigenvalue weighted by molar-refractivity contribution is -0.125. The number of anilines is 1. The van der Waals surface area contributed by atoms with Crippen LogP contribution in [0.25, 0.3) is 0 Å². The van der Waals surface area contributed by atoms with Crippen molar-refractivity contribution in [2.75, 3.05) is 25.0 Å². The molecular formula is C13H16N4O. The van der Waals surface area contributed by atoms with E-state index in [1.165, 1.54) is 0 Å². The number of hydrogen-bond acceptors (Lipinski definition) is 4. The van der Waals surface area contributed by atoms with Crippen LogP contribution in [0.5, 0.6) is 0 Å². The van der Waals surface area contributed by atoms with Gasteiger partial charge in [-0.15, -0.1) is 0 Å². The van der Waals surface area contributed by atoms with Gasteiger partial charge in [0.05, 0.1) is 5.56 Å². The summed E-state index contributed by atoms with van der Waals surface area (Å²) in [4.78, 5) is 17.9. The molecule has 1 aliphatic rings. The van der Waals surface area contributed by atoms with Crippen molar-refractivity contribution in [1.29, 1.82) is 5.26 Å². The summed E-state index contributed by atoms with van der Waals surface area (Å²) in [5.74, 6) is 1.12. The number of pyridine rings is 1. The largest absolute Gasteiger partial charge is 0.359 e. The van der Waals surface area contributed by atoms with Crippen LogP contribution in [-0.2, 0) is 4.79 Å². The van der Waals surface area contributed by atoms with Crippen molar-refractivity contribution in [2.24, 2.45) is 5.92 Å². The minimum absolute atomic E-state index is 0.115. The van der Waals surface area contributed by atoms with Crippen LogP contribution in [-0.4, -0.2) is 31.0 Å².